The van der Waals surface area contributed by atoms with Gasteiger partial charge in [-0.25, -0.2) is 4.79 Å². The van der Waals surface area contributed by atoms with Crippen LogP contribution in [0.15, 0.2) is 18.2 Å². The van der Waals surface area contributed by atoms with Crippen molar-refractivity contribution in [2.75, 3.05) is 0 Å². The molecule has 2 rings (SSSR count). The average molecular weight is 360 g/mol. The van der Waals surface area contributed by atoms with Gasteiger partial charge in [0.1, 0.15) is 23.5 Å². The van der Waals surface area contributed by atoms with E-state index in [2.05, 4.69) is 0 Å². The van der Waals surface area contributed by atoms with Crippen molar-refractivity contribution in [1.29, 1.82) is 0 Å². The minimum atomic E-state index is -4.55. The van der Waals surface area contributed by atoms with Crippen LogP contribution in [0.25, 0.3) is 0 Å². The number of fused-ring (bicyclic) bond motifs is 1. The standard InChI is InChI=1S/C17H23F3N2O3/c1-15(2,3)22(14(21)24)13-12(23)10-8-9(17(18,19)20)6-7-11(10)25-16(13,4)5/h6-8,12-13,23H,1-5H3,(H2,21,24)/t12-,13+/m0/s1. The van der Waals surface area contributed by atoms with Gasteiger partial charge in [0.05, 0.1) is 5.56 Å². The van der Waals surface area contributed by atoms with Crippen molar-refractivity contribution in [2.24, 2.45) is 5.73 Å². The highest BCUT2D eigenvalue weighted by atomic mass is 19.4. The molecule has 0 bridgehead atoms. The highest BCUT2D eigenvalue weighted by Crippen LogP contribution is 2.45. The normalized spacial score (nSPS) is 22.8. The van der Waals surface area contributed by atoms with E-state index < -0.39 is 41.1 Å². The van der Waals surface area contributed by atoms with Crippen molar-refractivity contribution in [3.63, 3.8) is 0 Å². The first kappa shape index (κ1) is 19.4. The van der Waals surface area contributed by atoms with E-state index >= 15 is 0 Å². The van der Waals surface area contributed by atoms with Crippen LogP contribution >= 0.6 is 0 Å². The average Bonchev–Trinajstić information content (AvgIpc) is 2.39. The first-order valence-corrected chi connectivity index (χ1v) is 7.83. The number of carbonyl (C=O) groups excluding carboxylic acids is 1. The minimum absolute atomic E-state index is 0.0188. The minimum Gasteiger partial charge on any atom is -0.485 e. The lowest BCUT2D eigenvalue weighted by Gasteiger charge is -2.51. The molecule has 2 atom stereocenters. The number of aliphatic hydroxyl groups excluding tert-OH is 1. The number of carbonyl (C=O) groups is 1. The van der Waals surface area contributed by atoms with E-state index in [9.17, 15) is 23.1 Å². The number of urea groups is 1. The van der Waals surface area contributed by atoms with E-state index in [1.807, 2.05) is 0 Å². The maximum Gasteiger partial charge on any atom is 0.416 e. The van der Waals surface area contributed by atoms with Crippen molar-refractivity contribution >= 4 is 6.03 Å². The van der Waals surface area contributed by atoms with Gasteiger partial charge in [-0.3, -0.25) is 0 Å². The summed E-state index contributed by atoms with van der Waals surface area (Å²) in [5.41, 5.74) is 2.76. The molecule has 5 nitrogen and oxygen atoms in total. The van der Waals surface area contributed by atoms with Crippen LogP contribution in [0.1, 0.15) is 51.8 Å². The van der Waals surface area contributed by atoms with Crippen LogP contribution < -0.4 is 10.5 Å². The van der Waals surface area contributed by atoms with Crippen molar-refractivity contribution in [1.82, 2.24) is 4.90 Å². The Morgan fingerprint density at radius 1 is 1.28 bits per heavy atom. The molecule has 0 aliphatic carbocycles. The summed E-state index contributed by atoms with van der Waals surface area (Å²) in [5, 5.41) is 10.8. The molecule has 1 heterocycles. The summed E-state index contributed by atoms with van der Waals surface area (Å²) in [6.45, 7) is 8.49. The van der Waals surface area contributed by atoms with Gasteiger partial charge in [0.25, 0.3) is 0 Å². The smallest absolute Gasteiger partial charge is 0.416 e. The summed E-state index contributed by atoms with van der Waals surface area (Å²) in [4.78, 5) is 13.3. The molecule has 0 radical (unpaired) electrons. The van der Waals surface area contributed by atoms with Crippen LogP contribution in [-0.4, -0.2) is 33.2 Å². The maximum absolute atomic E-state index is 13.0. The molecule has 25 heavy (non-hydrogen) atoms. The third kappa shape index (κ3) is 3.53. The summed E-state index contributed by atoms with van der Waals surface area (Å²) in [6.07, 6.45) is -5.93. The summed E-state index contributed by atoms with van der Waals surface area (Å²) in [5.74, 6) is 0.153. The third-order valence-electron chi connectivity index (χ3n) is 4.28. The number of hydrogen-bond donors (Lipinski definition) is 2. The van der Waals surface area contributed by atoms with Crippen molar-refractivity contribution < 1.29 is 27.8 Å². The lowest BCUT2D eigenvalue weighted by Crippen LogP contribution is -2.65. The summed E-state index contributed by atoms with van der Waals surface area (Å²) in [7, 11) is 0. The predicted molar refractivity (Wildman–Crippen MR) is 86.1 cm³/mol. The number of hydrogen-bond acceptors (Lipinski definition) is 3. The molecule has 2 amide bonds. The molecule has 3 N–H and O–H groups in total. The molecule has 0 unspecified atom stereocenters. The zero-order chi connectivity index (χ0) is 19.4. The SMILES string of the molecule is CC1(C)Oc2ccc(C(F)(F)F)cc2[C@H](O)[C@H]1N(C(N)=O)C(C)(C)C. The van der Waals surface area contributed by atoms with E-state index in [1.54, 1.807) is 34.6 Å². The summed E-state index contributed by atoms with van der Waals surface area (Å²) in [6, 6.07) is 1.19. The molecular weight excluding hydrogens is 337 g/mol. The molecule has 0 saturated heterocycles. The van der Waals surface area contributed by atoms with Crippen LogP contribution in [0.2, 0.25) is 0 Å². The van der Waals surface area contributed by atoms with Gasteiger partial charge in [-0.05, 0) is 52.8 Å². The number of nitrogens with zero attached hydrogens (tertiary/aromatic N) is 1. The Kier molecular flexibility index (Phi) is 4.49. The van der Waals surface area contributed by atoms with Crippen LogP contribution in [0.4, 0.5) is 18.0 Å². The number of ether oxygens (including phenoxy) is 1. The quantitative estimate of drug-likeness (QED) is 0.805. The van der Waals surface area contributed by atoms with Gasteiger partial charge in [0, 0.05) is 11.1 Å². The summed E-state index contributed by atoms with van der Waals surface area (Å²) < 4.78 is 44.8. The zero-order valence-corrected chi connectivity index (χ0v) is 14.8. The van der Waals surface area contributed by atoms with Crippen LogP contribution in [0.3, 0.4) is 0 Å². The molecule has 1 aliphatic heterocycles. The largest absolute Gasteiger partial charge is 0.485 e. The van der Waals surface area contributed by atoms with Gasteiger partial charge in [-0.1, -0.05) is 0 Å². The summed E-state index contributed by atoms with van der Waals surface area (Å²) >= 11 is 0. The molecule has 0 saturated carbocycles. The number of nitrogens with two attached hydrogens (primary N) is 1. The highest BCUT2D eigenvalue weighted by molar-refractivity contribution is 5.74. The highest BCUT2D eigenvalue weighted by Gasteiger charge is 2.51. The van der Waals surface area contributed by atoms with Crippen LogP contribution in [0, 0.1) is 0 Å². The fourth-order valence-corrected chi connectivity index (χ4v) is 3.28. The topological polar surface area (TPSA) is 75.8 Å². The molecule has 1 aromatic rings. The second-order valence-electron chi connectivity index (χ2n) is 7.72. The molecule has 0 spiro atoms. The number of halogens is 3. The van der Waals surface area contributed by atoms with Crippen molar-refractivity contribution in [2.45, 2.75) is 64.1 Å². The van der Waals surface area contributed by atoms with E-state index in [0.29, 0.717) is 0 Å². The molecule has 0 fully saturated rings. The van der Waals surface area contributed by atoms with Crippen molar-refractivity contribution in [3.05, 3.63) is 29.3 Å². The number of alkyl halides is 3. The molecule has 8 heteroatoms. The second-order valence-corrected chi connectivity index (χ2v) is 7.72. The van der Waals surface area contributed by atoms with Gasteiger partial charge in [-0.2, -0.15) is 13.2 Å². The Morgan fingerprint density at radius 3 is 2.28 bits per heavy atom. The Labute approximate surface area is 144 Å². The first-order chi connectivity index (χ1) is 11.2. The van der Waals surface area contributed by atoms with Gasteiger partial charge in [-0.15, -0.1) is 0 Å². The monoisotopic (exact) mass is 360 g/mol. The molecule has 0 aromatic heterocycles. The van der Waals surface area contributed by atoms with Crippen LogP contribution in [-0.2, 0) is 6.18 Å². The number of benzene rings is 1. The van der Waals surface area contributed by atoms with Gasteiger partial charge in [0.2, 0.25) is 0 Å². The van der Waals surface area contributed by atoms with Gasteiger partial charge in [0.15, 0.2) is 0 Å². The van der Waals surface area contributed by atoms with Gasteiger partial charge < -0.3 is 20.5 Å². The van der Waals surface area contributed by atoms with E-state index in [-0.39, 0.29) is 11.3 Å². The third-order valence-corrected chi connectivity index (χ3v) is 4.28. The lowest BCUT2D eigenvalue weighted by molar-refractivity contribution is -0.138. The van der Waals surface area contributed by atoms with E-state index in [4.69, 9.17) is 10.5 Å². The number of primary amides is 1. The van der Waals surface area contributed by atoms with Crippen LogP contribution in [0.5, 0.6) is 5.75 Å². The van der Waals surface area contributed by atoms with Crippen molar-refractivity contribution in [3.8, 4) is 5.75 Å². The van der Waals surface area contributed by atoms with E-state index in [0.717, 1.165) is 12.1 Å². The maximum atomic E-state index is 13.0. The zero-order valence-electron chi connectivity index (χ0n) is 14.8. The van der Waals surface area contributed by atoms with E-state index in [1.165, 1.54) is 11.0 Å². The molecule has 140 valence electrons. The number of aliphatic hydroxyl groups is 1. The number of rotatable bonds is 1. The Balaban J connectivity index is 2.60. The Bertz CT molecular complexity index is 681. The fraction of sp³-hybridized carbons (Fsp3) is 0.588. The number of amides is 2. The first-order valence-electron chi connectivity index (χ1n) is 7.83. The Hall–Kier alpha value is -1.96. The fourth-order valence-electron chi connectivity index (χ4n) is 3.28. The molecular formula is C17H23F3N2O3. The second kappa shape index (κ2) is 5.79. The molecule has 1 aromatic carbocycles. The van der Waals surface area contributed by atoms with Gasteiger partial charge >= 0.3 is 12.2 Å². The lowest BCUT2D eigenvalue weighted by atomic mass is 9.82. The Morgan fingerprint density at radius 2 is 1.84 bits per heavy atom. The predicted octanol–water partition coefficient (Wildman–Crippen LogP) is 3.46. The molecule has 1 aliphatic rings.